The maximum absolute atomic E-state index is 12.4. The summed E-state index contributed by atoms with van der Waals surface area (Å²) >= 11 is 0. The summed E-state index contributed by atoms with van der Waals surface area (Å²) in [4.78, 5) is 11.9. The van der Waals surface area contributed by atoms with Crippen molar-refractivity contribution < 1.29 is 18.5 Å². The number of methoxy groups -OCH3 is 2. The highest BCUT2D eigenvalue weighted by molar-refractivity contribution is 7.82. The summed E-state index contributed by atoms with van der Waals surface area (Å²) < 4.78 is 23.6. The Kier molecular flexibility index (Phi) is 5.50. The third-order valence-electron chi connectivity index (χ3n) is 2.71. The number of benzene rings is 1. The first-order valence-corrected chi connectivity index (χ1v) is 6.86. The van der Waals surface area contributed by atoms with Crippen molar-refractivity contribution in [3.8, 4) is 5.75 Å². The van der Waals surface area contributed by atoms with Gasteiger partial charge >= 0.3 is 5.97 Å². The van der Waals surface area contributed by atoms with Crippen molar-refractivity contribution in [2.45, 2.75) is 18.7 Å². The van der Waals surface area contributed by atoms with Gasteiger partial charge in [-0.15, -0.1) is 0 Å². The van der Waals surface area contributed by atoms with E-state index in [-0.39, 0.29) is 6.54 Å². The molecule has 0 spiro atoms. The van der Waals surface area contributed by atoms with Gasteiger partial charge in [0.05, 0.1) is 19.1 Å². The molecule has 6 heteroatoms. The lowest BCUT2D eigenvalue weighted by Gasteiger charge is -2.18. The van der Waals surface area contributed by atoms with Crippen molar-refractivity contribution >= 4 is 17.0 Å². The van der Waals surface area contributed by atoms with Gasteiger partial charge in [-0.2, -0.15) is 0 Å². The van der Waals surface area contributed by atoms with Crippen LogP contribution < -0.4 is 4.74 Å². The molecule has 0 aliphatic heterocycles. The van der Waals surface area contributed by atoms with Crippen molar-refractivity contribution in [2.75, 3.05) is 27.8 Å². The van der Waals surface area contributed by atoms with Gasteiger partial charge in [-0.1, -0.05) is 0 Å². The Hall–Kier alpha value is -1.40. The van der Waals surface area contributed by atoms with Crippen LogP contribution in [-0.4, -0.2) is 42.3 Å². The van der Waals surface area contributed by atoms with Crippen molar-refractivity contribution in [3.05, 3.63) is 23.3 Å². The minimum atomic E-state index is -1.41. The highest BCUT2D eigenvalue weighted by Gasteiger charge is 2.19. The molecule has 1 unspecified atom stereocenters. The van der Waals surface area contributed by atoms with E-state index in [1.165, 1.54) is 11.4 Å². The Balaban J connectivity index is 3.03. The fourth-order valence-corrected chi connectivity index (χ4v) is 2.97. The Morgan fingerprint density at radius 1 is 1.26 bits per heavy atom. The number of aryl methyl sites for hydroxylation is 2. The van der Waals surface area contributed by atoms with E-state index in [1.807, 2.05) is 26.0 Å². The van der Waals surface area contributed by atoms with Crippen LogP contribution in [-0.2, 0) is 20.5 Å². The quantitative estimate of drug-likeness (QED) is 0.768. The molecule has 0 aliphatic rings. The molecule has 1 aromatic carbocycles. The van der Waals surface area contributed by atoms with Crippen LogP contribution >= 0.6 is 0 Å². The minimum absolute atomic E-state index is 0.0198. The van der Waals surface area contributed by atoms with E-state index in [0.29, 0.717) is 4.90 Å². The molecule has 0 amide bonds. The lowest BCUT2D eigenvalue weighted by atomic mass is 10.1. The van der Waals surface area contributed by atoms with E-state index in [9.17, 15) is 9.00 Å². The molecule has 0 N–H and O–H groups in total. The van der Waals surface area contributed by atoms with Crippen molar-refractivity contribution in [3.63, 3.8) is 0 Å². The second kappa shape index (κ2) is 6.68. The largest absolute Gasteiger partial charge is 0.497 e. The molecule has 0 radical (unpaired) electrons. The van der Waals surface area contributed by atoms with Crippen LogP contribution in [0.4, 0.5) is 0 Å². The smallest absolute Gasteiger partial charge is 0.320 e. The first-order chi connectivity index (χ1) is 8.90. The fraction of sp³-hybridized carbons (Fsp3) is 0.462. The molecule has 0 aliphatic carbocycles. The lowest BCUT2D eigenvalue weighted by Crippen LogP contribution is -2.29. The zero-order valence-corrected chi connectivity index (χ0v) is 12.7. The van der Waals surface area contributed by atoms with E-state index in [4.69, 9.17) is 4.74 Å². The average molecular weight is 285 g/mol. The molecule has 0 bridgehead atoms. The summed E-state index contributed by atoms with van der Waals surface area (Å²) in [6.07, 6.45) is 0. The summed E-state index contributed by atoms with van der Waals surface area (Å²) in [5.41, 5.74) is 1.73. The second-order valence-corrected chi connectivity index (χ2v) is 5.73. The lowest BCUT2D eigenvalue weighted by molar-refractivity contribution is -0.140. The predicted molar refractivity (Wildman–Crippen MR) is 73.5 cm³/mol. The van der Waals surface area contributed by atoms with E-state index < -0.39 is 17.0 Å². The number of carbonyl (C=O) groups is 1. The number of esters is 1. The summed E-state index contributed by atoms with van der Waals surface area (Å²) in [5.74, 6) is 0.311. The second-order valence-electron chi connectivity index (χ2n) is 4.20. The van der Waals surface area contributed by atoms with Gasteiger partial charge in [0, 0.05) is 7.05 Å². The van der Waals surface area contributed by atoms with Gasteiger partial charge in [0.1, 0.15) is 23.3 Å². The first-order valence-electron chi connectivity index (χ1n) is 5.75. The summed E-state index contributed by atoms with van der Waals surface area (Å²) in [6, 6.07) is 3.65. The van der Waals surface area contributed by atoms with Crippen LogP contribution in [0.15, 0.2) is 17.0 Å². The van der Waals surface area contributed by atoms with Gasteiger partial charge in [-0.25, -0.2) is 8.51 Å². The number of hydrogen-bond donors (Lipinski definition) is 0. The van der Waals surface area contributed by atoms with E-state index in [0.717, 1.165) is 16.9 Å². The summed E-state index contributed by atoms with van der Waals surface area (Å²) in [5, 5.41) is 0. The van der Waals surface area contributed by atoms with Gasteiger partial charge in [-0.05, 0) is 37.1 Å². The number of likely N-dealkylation sites (N-methyl/N-ethyl adjacent to an activating group) is 1. The Labute approximate surface area is 116 Å². The topological polar surface area (TPSA) is 55.8 Å². The van der Waals surface area contributed by atoms with E-state index in [1.54, 1.807) is 14.2 Å². The van der Waals surface area contributed by atoms with Crippen LogP contribution in [0, 0.1) is 13.8 Å². The molecule has 5 nitrogen and oxygen atoms in total. The monoisotopic (exact) mass is 285 g/mol. The highest BCUT2D eigenvalue weighted by Crippen LogP contribution is 2.25. The number of hydrogen-bond acceptors (Lipinski definition) is 4. The fourth-order valence-electron chi connectivity index (χ4n) is 1.76. The molecule has 0 saturated heterocycles. The molecule has 0 saturated carbocycles. The maximum atomic E-state index is 12.4. The maximum Gasteiger partial charge on any atom is 0.320 e. The third-order valence-corrected chi connectivity index (χ3v) is 4.40. The predicted octanol–water partition coefficient (Wildman–Crippen LogP) is 1.44. The molecular formula is C13H19NO4S. The van der Waals surface area contributed by atoms with Crippen LogP contribution in [0.2, 0.25) is 0 Å². The van der Waals surface area contributed by atoms with Gasteiger partial charge in [-0.3, -0.25) is 4.79 Å². The van der Waals surface area contributed by atoms with Gasteiger partial charge < -0.3 is 9.47 Å². The number of carbonyl (C=O) groups excluding carboxylic acids is 1. The molecule has 106 valence electrons. The highest BCUT2D eigenvalue weighted by atomic mass is 32.2. The Morgan fingerprint density at radius 3 is 2.21 bits per heavy atom. The van der Waals surface area contributed by atoms with Gasteiger partial charge in [0.15, 0.2) is 0 Å². The number of nitrogens with zero attached hydrogens (tertiary/aromatic N) is 1. The average Bonchev–Trinajstić information content (AvgIpc) is 2.37. The van der Waals surface area contributed by atoms with E-state index in [2.05, 4.69) is 4.74 Å². The number of rotatable bonds is 5. The SMILES string of the molecule is COC(=O)CN(C)S(=O)c1c(C)cc(OC)cc1C. The van der Waals surface area contributed by atoms with Crippen molar-refractivity contribution in [1.82, 2.24) is 4.31 Å². The first kappa shape index (κ1) is 15.7. The van der Waals surface area contributed by atoms with Crippen LogP contribution in [0.25, 0.3) is 0 Å². The molecule has 1 atom stereocenters. The normalized spacial score (nSPS) is 12.3. The van der Waals surface area contributed by atoms with Crippen LogP contribution in [0.5, 0.6) is 5.75 Å². The molecule has 0 fully saturated rings. The van der Waals surface area contributed by atoms with Gasteiger partial charge in [0.25, 0.3) is 0 Å². The molecule has 0 aromatic heterocycles. The molecular weight excluding hydrogens is 266 g/mol. The Morgan fingerprint density at radius 2 is 1.79 bits per heavy atom. The minimum Gasteiger partial charge on any atom is -0.497 e. The molecule has 1 rings (SSSR count). The Bertz CT molecular complexity index is 478. The summed E-state index contributed by atoms with van der Waals surface area (Å²) in [7, 11) is 3.11. The van der Waals surface area contributed by atoms with Gasteiger partial charge in [0.2, 0.25) is 0 Å². The van der Waals surface area contributed by atoms with Crippen molar-refractivity contribution in [2.24, 2.45) is 0 Å². The van der Waals surface area contributed by atoms with Crippen LogP contribution in [0.1, 0.15) is 11.1 Å². The molecule has 19 heavy (non-hydrogen) atoms. The zero-order valence-electron chi connectivity index (χ0n) is 11.9. The van der Waals surface area contributed by atoms with Crippen LogP contribution in [0.3, 0.4) is 0 Å². The summed E-state index contributed by atoms with van der Waals surface area (Å²) in [6.45, 7) is 3.72. The number of ether oxygens (including phenoxy) is 2. The standard InChI is InChI=1S/C13H19NO4S/c1-9-6-11(17-4)7-10(2)13(9)19(16)14(3)8-12(15)18-5/h6-7H,8H2,1-5H3. The van der Waals surface area contributed by atoms with Crippen molar-refractivity contribution in [1.29, 1.82) is 0 Å². The molecule has 1 aromatic rings. The third kappa shape index (κ3) is 3.78. The molecule has 0 heterocycles. The zero-order chi connectivity index (χ0) is 14.6. The van der Waals surface area contributed by atoms with E-state index >= 15 is 0 Å².